The van der Waals surface area contributed by atoms with Crippen molar-refractivity contribution in [2.24, 2.45) is 0 Å². The molecule has 0 bridgehead atoms. The van der Waals surface area contributed by atoms with Gasteiger partial charge in [0, 0.05) is 0 Å². The average Bonchev–Trinajstić information content (AvgIpc) is 2.54. The standard InChI is InChI=1S/C20H20O3/c1-14-7-6-9-15(13-14)8-2-3-11-17-19(21)16-10-4-5-12-18(16)23-20(17)22/h4-7,9-10,12-13,21H,2-3,8,11H2,1H3. The van der Waals surface area contributed by atoms with Gasteiger partial charge in [-0.2, -0.15) is 0 Å². The lowest BCUT2D eigenvalue weighted by Gasteiger charge is -2.06. The molecule has 23 heavy (non-hydrogen) atoms. The first-order valence-electron chi connectivity index (χ1n) is 7.94. The van der Waals surface area contributed by atoms with Crippen LogP contribution in [0.5, 0.6) is 5.75 Å². The number of aryl methyl sites for hydroxylation is 2. The fourth-order valence-corrected chi connectivity index (χ4v) is 2.89. The Kier molecular flexibility index (Phi) is 4.47. The Labute approximate surface area is 135 Å². The van der Waals surface area contributed by atoms with Crippen molar-refractivity contribution in [3.63, 3.8) is 0 Å². The van der Waals surface area contributed by atoms with Crippen molar-refractivity contribution in [1.29, 1.82) is 0 Å². The van der Waals surface area contributed by atoms with Gasteiger partial charge in [-0.15, -0.1) is 0 Å². The van der Waals surface area contributed by atoms with Gasteiger partial charge in [0.2, 0.25) is 0 Å². The summed E-state index contributed by atoms with van der Waals surface area (Å²) in [6.45, 7) is 2.09. The van der Waals surface area contributed by atoms with E-state index in [9.17, 15) is 9.90 Å². The second kappa shape index (κ2) is 6.69. The van der Waals surface area contributed by atoms with E-state index in [4.69, 9.17) is 4.42 Å². The van der Waals surface area contributed by atoms with Gasteiger partial charge in [-0.3, -0.25) is 0 Å². The molecule has 3 nitrogen and oxygen atoms in total. The normalized spacial score (nSPS) is 11.0. The minimum absolute atomic E-state index is 0.0624. The summed E-state index contributed by atoms with van der Waals surface area (Å²) in [5.41, 5.74) is 2.94. The Morgan fingerprint density at radius 1 is 1.00 bits per heavy atom. The van der Waals surface area contributed by atoms with E-state index in [1.54, 1.807) is 18.2 Å². The molecular formula is C20H20O3. The quantitative estimate of drug-likeness (QED) is 0.562. The lowest BCUT2D eigenvalue weighted by Crippen LogP contribution is -2.08. The minimum atomic E-state index is -0.434. The van der Waals surface area contributed by atoms with Crippen LogP contribution in [0.2, 0.25) is 0 Å². The molecule has 0 unspecified atom stereocenters. The first kappa shape index (κ1) is 15.3. The average molecular weight is 308 g/mol. The van der Waals surface area contributed by atoms with E-state index in [1.807, 2.05) is 6.07 Å². The highest BCUT2D eigenvalue weighted by atomic mass is 16.4. The molecule has 0 radical (unpaired) electrons. The van der Waals surface area contributed by atoms with Gasteiger partial charge in [0.15, 0.2) is 0 Å². The predicted molar refractivity (Wildman–Crippen MR) is 92.0 cm³/mol. The lowest BCUT2D eigenvalue weighted by atomic mass is 10.0. The van der Waals surface area contributed by atoms with Crippen LogP contribution in [-0.4, -0.2) is 5.11 Å². The summed E-state index contributed by atoms with van der Waals surface area (Å²) in [5, 5.41) is 10.9. The van der Waals surface area contributed by atoms with Gasteiger partial charge in [0.1, 0.15) is 11.3 Å². The van der Waals surface area contributed by atoms with Gasteiger partial charge in [-0.1, -0.05) is 42.0 Å². The van der Waals surface area contributed by atoms with Gasteiger partial charge in [0.05, 0.1) is 10.9 Å². The zero-order valence-electron chi connectivity index (χ0n) is 13.2. The molecule has 0 saturated carbocycles. The van der Waals surface area contributed by atoms with E-state index in [1.165, 1.54) is 11.1 Å². The number of unbranched alkanes of at least 4 members (excludes halogenated alkanes) is 1. The molecule has 3 heteroatoms. The highest BCUT2D eigenvalue weighted by Gasteiger charge is 2.13. The molecule has 0 aliphatic carbocycles. The summed E-state index contributed by atoms with van der Waals surface area (Å²) in [5.74, 6) is 0.0624. The van der Waals surface area contributed by atoms with Crippen molar-refractivity contribution >= 4 is 11.0 Å². The van der Waals surface area contributed by atoms with Crippen LogP contribution in [0.1, 0.15) is 29.5 Å². The van der Waals surface area contributed by atoms with E-state index in [0.29, 0.717) is 23.0 Å². The monoisotopic (exact) mass is 308 g/mol. The molecular weight excluding hydrogens is 288 g/mol. The van der Waals surface area contributed by atoms with Gasteiger partial charge < -0.3 is 9.52 Å². The fraction of sp³-hybridized carbons (Fsp3) is 0.250. The third kappa shape index (κ3) is 3.45. The Morgan fingerprint density at radius 2 is 1.78 bits per heavy atom. The third-order valence-corrected chi connectivity index (χ3v) is 4.10. The van der Waals surface area contributed by atoms with E-state index in [-0.39, 0.29) is 5.75 Å². The highest BCUT2D eigenvalue weighted by molar-refractivity contribution is 5.83. The van der Waals surface area contributed by atoms with Crippen LogP contribution >= 0.6 is 0 Å². The van der Waals surface area contributed by atoms with Crippen LogP contribution in [0.4, 0.5) is 0 Å². The Bertz CT molecular complexity index is 877. The molecule has 2 aromatic carbocycles. The zero-order chi connectivity index (χ0) is 16.2. The molecule has 0 aliphatic rings. The molecule has 0 saturated heterocycles. The van der Waals surface area contributed by atoms with Gasteiger partial charge >= 0.3 is 5.63 Å². The van der Waals surface area contributed by atoms with Crippen LogP contribution in [0, 0.1) is 6.92 Å². The summed E-state index contributed by atoms with van der Waals surface area (Å²) in [6, 6.07) is 15.5. The Morgan fingerprint density at radius 3 is 2.61 bits per heavy atom. The molecule has 1 N–H and O–H groups in total. The van der Waals surface area contributed by atoms with Crippen LogP contribution in [0.15, 0.2) is 57.7 Å². The first-order valence-corrected chi connectivity index (χ1v) is 7.94. The van der Waals surface area contributed by atoms with Gasteiger partial charge in [0.25, 0.3) is 0 Å². The molecule has 3 aromatic rings. The number of benzene rings is 2. The number of hydrogen-bond acceptors (Lipinski definition) is 3. The number of aromatic hydroxyl groups is 1. The second-order valence-electron chi connectivity index (χ2n) is 5.91. The second-order valence-corrected chi connectivity index (χ2v) is 5.91. The van der Waals surface area contributed by atoms with Crippen LogP contribution in [0.25, 0.3) is 11.0 Å². The summed E-state index contributed by atoms with van der Waals surface area (Å²) in [4.78, 5) is 12.0. The maximum atomic E-state index is 12.0. The minimum Gasteiger partial charge on any atom is -0.507 e. The first-order chi connectivity index (χ1) is 11.1. The van der Waals surface area contributed by atoms with Crippen molar-refractivity contribution in [3.8, 4) is 5.75 Å². The SMILES string of the molecule is Cc1cccc(CCCCc2c(O)c3ccccc3oc2=O)c1. The van der Waals surface area contributed by atoms with Gasteiger partial charge in [-0.25, -0.2) is 4.79 Å². The van der Waals surface area contributed by atoms with E-state index < -0.39 is 5.63 Å². The van der Waals surface area contributed by atoms with E-state index in [0.717, 1.165) is 19.3 Å². The number of fused-ring (bicyclic) bond motifs is 1. The molecule has 0 amide bonds. The molecule has 1 heterocycles. The third-order valence-electron chi connectivity index (χ3n) is 4.10. The Balaban J connectivity index is 1.69. The highest BCUT2D eigenvalue weighted by Crippen LogP contribution is 2.27. The molecule has 0 atom stereocenters. The zero-order valence-corrected chi connectivity index (χ0v) is 13.2. The van der Waals surface area contributed by atoms with Crippen LogP contribution in [-0.2, 0) is 12.8 Å². The number of hydrogen-bond donors (Lipinski definition) is 1. The number of para-hydroxylation sites is 1. The number of rotatable bonds is 5. The summed E-state index contributed by atoms with van der Waals surface area (Å²) >= 11 is 0. The molecule has 0 fully saturated rings. The molecule has 0 spiro atoms. The predicted octanol–water partition coefficient (Wildman–Crippen LogP) is 4.37. The van der Waals surface area contributed by atoms with Crippen molar-refractivity contribution in [2.45, 2.75) is 32.6 Å². The molecule has 0 aliphatic heterocycles. The van der Waals surface area contributed by atoms with E-state index >= 15 is 0 Å². The summed E-state index contributed by atoms with van der Waals surface area (Å²) in [6.07, 6.45) is 3.31. The van der Waals surface area contributed by atoms with Crippen molar-refractivity contribution < 1.29 is 9.52 Å². The molecule has 118 valence electrons. The van der Waals surface area contributed by atoms with Crippen LogP contribution < -0.4 is 5.63 Å². The van der Waals surface area contributed by atoms with E-state index in [2.05, 4.69) is 31.2 Å². The maximum absolute atomic E-state index is 12.0. The Hall–Kier alpha value is -2.55. The van der Waals surface area contributed by atoms with Crippen molar-refractivity contribution in [3.05, 3.63) is 75.6 Å². The van der Waals surface area contributed by atoms with Crippen LogP contribution in [0.3, 0.4) is 0 Å². The van der Waals surface area contributed by atoms with Crippen molar-refractivity contribution in [1.82, 2.24) is 0 Å². The smallest absolute Gasteiger partial charge is 0.343 e. The topological polar surface area (TPSA) is 50.4 Å². The van der Waals surface area contributed by atoms with Gasteiger partial charge in [-0.05, 0) is 50.3 Å². The maximum Gasteiger partial charge on any atom is 0.343 e. The molecule has 3 rings (SSSR count). The summed E-state index contributed by atoms with van der Waals surface area (Å²) < 4.78 is 5.29. The fourth-order valence-electron chi connectivity index (χ4n) is 2.89. The molecule has 1 aromatic heterocycles. The summed E-state index contributed by atoms with van der Waals surface area (Å²) in [7, 11) is 0. The lowest BCUT2D eigenvalue weighted by molar-refractivity contribution is 0.454. The largest absolute Gasteiger partial charge is 0.507 e. The van der Waals surface area contributed by atoms with Crippen molar-refractivity contribution in [2.75, 3.05) is 0 Å².